The number of amides is 2. The van der Waals surface area contributed by atoms with E-state index < -0.39 is 28.7 Å². The van der Waals surface area contributed by atoms with Crippen molar-refractivity contribution in [1.29, 1.82) is 0 Å². The fourth-order valence-electron chi connectivity index (χ4n) is 4.47. The van der Waals surface area contributed by atoms with E-state index >= 15 is 0 Å². The van der Waals surface area contributed by atoms with Gasteiger partial charge in [-0.15, -0.1) is 11.8 Å². The molecule has 6 nitrogen and oxygen atoms in total. The molecule has 0 aliphatic carbocycles. The van der Waals surface area contributed by atoms with Crippen molar-refractivity contribution < 1.29 is 19.1 Å². The lowest BCUT2D eigenvalue weighted by Crippen LogP contribution is -2.62. The second-order valence-electron chi connectivity index (χ2n) is 8.51. The number of halogens is 1. The van der Waals surface area contributed by atoms with Crippen molar-refractivity contribution in [3.05, 3.63) is 118 Å². The summed E-state index contributed by atoms with van der Waals surface area (Å²) in [6.45, 7) is 1.39. The Bertz CT molecular complexity index is 1280. The van der Waals surface area contributed by atoms with Crippen LogP contribution in [0.2, 0.25) is 0 Å². The second-order valence-corrected chi connectivity index (χ2v) is 10.1. The number of hydrogen-bond donors (Lipinski definition) is 1. The van der Waals surface area contributed by atoms with E-state index in [4.69, 9.17) is 16.3 Å². The molecule has 3 unspecified atom stereocenters. The Balaban J connectivity index is 1.51. The number of hydrogen-bond acceptors (Lipinski definition) is 5. The molecule has 36 heavy (non-hydrogen) atoms. The lowest BCUT2D eigenvalue weighted by molar-refractivity contribution is -0.153. The molecule has 182 valence electrons. The minimum absolute atomic E-state index is 0.0341. The van der Waals surface area contributed by atoms with Crippen molar-refractivity contribution in [2.45, 2.75) is 29.7 Å². The van der Waals surface area contributed by atoms with Gasteiger partial charge in [0.05, 0.1) is 11.0 Å². The molecular formula is C28H23ClN2O4S. The summed E-state index contributed by atoms with van der Waals surface area (Å²) in [6, 6.07) is 28.1. The molecule has 1 N–H and O–H groups in total. The van der Waals surface area contributed by atoms with Crippen molar-refractivity contribution in [3.63, 3.8) is 0 Å². The molecular weight excluding hydrogens is 496 g/mol. The van der Waals surface area contributed by atoms with Crippen LogP contribution in [0.4, 0.5) is 0 Å². The fourth-order valence-corrected chi connectivity index (χ4v) is 6.35. The maximum atomic E-state index is 13.7. The highest BCUT2D eigenvalue weighted by Gasteiger charge is 2.56. The molecule has 8 heteroatoms. The number of rotatable bonds is 6. The van der Waals surface area contributed by atoms with Crippen LogP contribution in [0, 0.1) is 0 Å². The van der Waals surface area contributed by atoms with E-state index in [0.717, 1.165) is 16.7 Å². The van der Waals surface area contributed by atoms with E-state index in [9.17, 15) is 14.4 Å². The number of benzene rings is 3. The summed E-state index contributed by atoms with van der Waals surface area (Å²) in [5.74, 6) is -1.71. The molecule has 3 aromatic carbocycles. The van der Waals surface area contributed by atoms with E-state index in [-0.39, 0.29) is 22.5 Å². The van der Waals surface area contributed by atoms with Crippen LogP contribution in [0.15, 0.2) is 102 Å². The van der Waals surface area contributed by atoms with Gasteiger partial charge in [0, 0.05) is 6.92 Å². The zero-order valence-corrected chi connectivity index (χ0v) is 20.9. The van der Waals surface area contributed by atoms with Gasteiger partial charge in [0.15, 0.2) is 6.10 Å². The minimum atomic E-state index is -0.724. The first-order valence-electron chi connectivity index (χ1n) is 11.5. The monoisotopic (exact) mass is 518 g/mol. The average molecular weight is 519 g/mol. The van der Waals surface area contributed by atoms with E-state index in [2.05, 4.69) is 5.32 Å². The number of esters is 1. The van der Waals surface area contributed by atoms with Gasteiger partial charge >= 0.3 is 5.97 Å². The van der Waals surface area contributed by atoms with Crippen molar-refractivity contribution in [3.8, 4) is 0 Å². The summed E-state index contributed by atoms with van der Waals surface area (Å²) in [6.07, 6.45) is -0.703. The normalized spacial score (nSPS) is 21.0. The molecule has 0 saturated carbocycles. The number of thioether (sulfide) groups is 1. The maximum Gasteiger partial charge on any atom is 0.357 e. The summed E-state index contributed by atoms with van der Waals surface area (Å²) in [5.41, 5.74) is 2.38. The van der Waals surface area contributed by atoms with E-state index in [1.807, 2.05) is 91.0 Å². The van der Waals surface area contributed by atoms with Crippen LogP contribution in [-0.4, -0.2) is 33.4 Å². The topological polar surface area (TPSA) is 75.7 Å². The number of β-lactam (4-membered cyclic amide) rings is 1. The number of fused-ring (bicyclic) bond motifs is 1. The van der Waals surface area contributed by atoms with Crippen molar-refractivity contribution in [1.82, 2.24) is 10.2 Å². The van der Waals surface area contributed by atoms with Crippen molar-refractivity contribution in [2.24, 2.45) is 0 Å². The van der Waals surface area contributed by atoms with Crippen LogP contribution < -0.4 is 5.32 Å². The van der Waals surface area contributed by atoms with Crippen LogP contribution >= 0.6 is 23.4 Å². The SMILES string of the molecule is CC(=O)NC1SC2C(c3ccccc3)C(=O)N2C(C(=O)OC(c2ccccc2)c2ccccc2)=C1Cl. The largest absolute Gasteiger partial charge is 0.448 e. The first kappa shape index (κ1) is 24.2. The fraction of sp³-hybridized carbons (Fsp3) is 0.179. The molecule has 2 heterocycles. The molecule has 0 spiro atoms. The van der Waals surface area contributed by atoms with Gasteiger partial charge in [-0.3, -0.25) is 14.5 Å². The average Bonchev–Trinajstić information content (AvgIpc) is 2.90. The lowest BCUT2D eigenvalue weighted by atomic mass is 9.89. The molecule has 1 saturated heterocycles. The predicted octanol–water partition coefficient (Wildman–Crippen LogP) is 4.93. The summed E-state index contributed by atoms with van der Waals surface area (Å²) in [5, 5.41) is 1.77. The van der Waals surface area contributed by atoms with Gasteiger partial charge in [-0.2, -0.15) is 0 Å². The molecule has 2 amide bonds. The Kier molecular flexibility index (Phi) is 6.85. The van der Waals surface area contributed by atoms with Gasteiger partial charge in [0.1, 0.15) is 16.4 Å². The maximum absolute atomic E-state index is 13.7. The van der Waals surface area contributed by atoms with Crippen LogP contribution in [0.5, 0.6) is 0 Å². The third-order valence-electron chi connectivity index (χ3n) is 6.13. The van der Waals surface area contributed by atoms with Gasteiger partial charge in [0.2, 0.25) is 11.8 Å². The van der Waals surface area contributed by atoms with Crippen LogP contribution in [0.3, 0.4) is 0 Å². The lowest BCUT2D eigenvalue weighted by Gasteiger charge is -2.51. The van der Waals surface area contributed by atoms with E-state index in [1.54, 1.807) is 0 Å². The van der Waals surface area contributed by atoms with Crippen LogP contribution in [-0.2, 0) is 19.1 Å². The van der Waals surface area contributed by atoms with Gasteiger partial charge in [-0.25, -0.2) is 4.79 Å². The Labute approximate surface area is 218 Å². The van der Waals surface area contributed by atoms with Gasteiger partial charge < -0.3 is 10.1 Å². The number of carbonyl (C=O) groups excluding carboxylic acids is 3. The first-order valence-corrected chi connectivity index (χ1v) is 12.8. The van der Waals surface area contributed by atoms with Gasteiger partial charge in [-0.05, 0) is 16.7 Å². The smallest absolute Gasteiger partial charge is 0.357 e. The highest BCUT2D eigenvalue weighted by atomic mass is 35.5. The predicted molar refractivity (Wildman–Crippen MR) is 139 cm³/mol. The zero-order chi connectivity index (χ0) is 25.2. The minimum Gasteiger partial charge on any atom is -0.448 e. The van der Waals surface area contributed by atoms with Gasteiger partial charge in [-0.1, -0.05) is 103 Å². The Hall–Kier alpha value is -3.55. The third-order valence-corrected chi connectivity index (χ3v) is 8.05. The Morgan fingerprint density at radius 3 is 1.97 bits per heavy atom. The standard InChI is InChI=1S/C28H23ClN2O4S/c1-17(32)30-25-22(29)23(31-26(33)21(27(31)36-25)18-11-5-2-6-12-18)28(34)35-24(19-13-7-3-8-14-19)20-15-9-4-10-16-20/h2-16,21,24-25,27H,1H3,(H,30,32). The molecule has 3 atom stereocenters. The number of carbonyl (C=O) groups is 3. The number of nitrogens with zero attached hydrogens (tertiary/aromatic N) is 1. The quantitative estimate of drug-likeness (QED) is 0.370. The van der Waals surface area contributed by atoms with E-state index in [0.29, 0.717) is 0 Å². The summed E-state index contributed by atoms with van der Waals surface area (Å²) in [7, 11) is 0. The highest BCUT2D eigenvalue weighted by Crippen LogP contribution is 2.51. The molecule has 1 fully saturated rings. The van der Waals surface area contributed by atoms with Gasteiger partial charge in [0.25, 0.3) is 0 Å². The summed E-state index contributed by atoms with van der Waals surface area (Å²) >= 11 is 8.00. The second kappa shape index (κ2) is 10.2. The Morgan fingerprint density at radius 1 is 0.917 bits per heavy atom. The zero-order valence-electron chi connectivity index (χ0n) is 19.3. The highest BCUT2D eigenvalue weighted by molar-refractivity contribution is 8.01. The molecule has 2 aliphatic heterocycles. The Morgan fingerprint density at radius 2 is 1.44 bits per heavy atom. The van der Waals surface area contributed by atoms with Crippen molar-refractivity contribution in [2.75, 3.05) is 0 Å². The van der Waals surface area contributed by atoms with Crippen LogP contribution in [0.1, 0.15) is 35.6 Å². The molecule has 0 aromatic heterocycles. The molecule has 5 rings (SSSR count). The van der Waals surface area contributed by atoms with E-state index in [1.165, 1.54) is 23.6 Å². The molecule has 0 bridgehead atoms. The summed E-state index contributed by atoms with van der Waals surface area (Å²) in [4.78, 5) is 40.3. The first-order chi connectivity index (χ1) is 17.5. The van der Waals surface area contributed by atoms with Crippen LogP contribution in [0.25, 0.3) is 0 Å². The van der Waals surface area contributed by atoms with Crippen molar-refractivity contribution >= 4 is 41.1 Å². The summed E-state index contributed by atoms with van der Waals surface area (Å²) < 4.78 is 6.03. The molecule has 2 aliphatic rings. The molecule has 0 radical (unpaired) electrons. The number of nitrogens with one attached hydrogen (secondary N) is 1. The third kappa shape index (κ3) is 4.52. The number of ether oxygens (including phenoxy) is 1. The molecule has 3 aromatic rings.